The maximum atomic E-state index is 11.7. The zero-order chi connectivity index (χ0) is 14.3. The minimum atomic E-state index is -0.781. The Morgan fingerprint density at radius 3 is 2.74 bits per heavy atom. The summed E-state index contributed by atoms with van der Waals surface area (Å²) in [5.74, 6) is -0.683. The number of hydrogen-bond acceptors (Lipinski definition) is 3. The molecule has 1 heterocycles. The SMILES string of the molecule is CCC(CCNC(=O)[C@H]1CCC(=O)N1)CCC(=O)O. The molecule has 6 nitrogen and oxygen atoms in total. The standard InChI is InChI=1S/C13H22N2O4/c1-2-9(3-6-12(17)18)7-8-14-13(19)10-4-5-11(16)15-10/h9-10H,2-8H2,1H3,(H,14,19)(H,15,16)(H,17,18)/t9?,10-/m1/s1. The molecule has 3 N–H and O–H groups in total. The summed E-state index contributed by atoms with van der Waals surface area (Å²) in [7, 11) is 0. The van der Waals surface area contributed by atoms with E-state index in [4.69, 9.17) is 5.11 Å². The predicted octanol–water partition coefficient (Wildman–Crippen LogP) is 0.662. The van der Waals surface area contributed by atoms with Gasteiger partial charge in [0.15, 0.2) is 0 Å². The van der Waals surface area contributed by atoms with Crippen LogP contribution in [-0.2, 0) is 14.4 Å². The van der Waals surface area contributed by atoms with Crippen molar-refractivity contribution >= 4 is 17.8 Å². The first kappa shape index (κ1) is 15.5. The third kappa shape index (κ3) is 5.72. The van der Waals surface area contributed by atoms with E-state index in [1.54, 1.807) is 0 Å². The van der Waals surface area contributed by atoms with Crippen LogP contribution in [0.25, 0.3) is 0 Å². The number of amides is 2. The number of carbonyl (C=O) groups excluding carboxylic acids is 2. The van der Waals surface area contributed by atoms with Crippen LogP contribution in [0.5, 0.6) is 0 Å². The van der Waals surface area contributed by atoms with Gasteiger partial charge in [0.2, 0.25) is 11.8 Å². The molecule has 0 bridgehead atoms. The molecule has 0 aromatic carbocycles. The molecule has 1 saturated heterocycles. The van der Waals surface area contributed by atoms with Crippen LogP contribution in [0.2, 0.25) is 0 Å². The van der Waals surface area contributed by atoms with Gasteiger partial charge in [-0.1, -0.05) is 13.3 Å². The first-order valence-electron chi connectivity index (χ1n) is 6.81. The summed E-state index contributed by atoms with van der Waals surface area (Å²) in [5, 5.41) is 14.0. The van der Waals surface area contributed by atoms with E-state index in [1.807, 2.05) is 6.92 Å². The maximum absolute atomic E-state index is 11.7. The lowest BCUT2D eigenvalue weighted by Gasteiger charge is -2.15. The highest BCUT2D eigenvalue weighted by atomic mass is 16.4. The molecule has 6 heteroatoms. The largest absolute Gasteiger partial charge is 0.481 e. The lowest BCUT2D eigenvalue weighted by molar-refractivity contribution is -0.137. The molecular formula is C13H22N2O4. The van der Waals surface area contributed by atoms with Crippen molar-refractivity contribution in [1.82, 2.24) is 10.6 Å². The normalized spacial score (nSPS) is 19.8. The Hall–Kier alpha value is -1.59. The molecule has 19 heavy (non-hydrogen) atoms. The summed E-state index contributed by atoms with van der Waals surface area (Å²) in [6.07, 6.45) is 3.46. The smallest absolute Gasteiger partial charge is 0.303 e. The lowest BCUT2D eigenvalue weighted by atomic mass is 9.96. The van der Waals surface area contributed by atoms with Crippen LogP contribution in [0.3, 0.4) is 0 Å². The summed E-state index contributed by atoms with van der Waals surface area (Å²) in [4.78, 5) is 33.2. The van der Waals surface area contributed by atoms with Crippen molar-refractivity contribution < 1.29 is 19.5 Å². The molecule has 108 valence electrons. The second-order valence-electron chi connectivity index (χ2n) is 4.95. The average molecular weight is 270 g/mol. The number of rotatable bonds is 8. The Kier molecular flexibility index (Phi) is 6.32. The molecule has 0 saturated carbocycles. The van der Waals surface area contributed by atoms with Crippen LogP contribution in [-0.4, -0.2) is 35.5 Å². The van der Waals surface area contributed by atoms with E-state index in [-0.39, 0.29) is 18.2 Å². The quantitative estimate of drug-likeness (QED) is 0.604. The Bertz CT molecular complexity index is 344. The number of hydrogen-bond donors (Lipinski definition) is 3. The van der Waals surface area contributed by atoms with Crippen LogP contribution in [0.15, 0.2) is 0 Å². The second-order valence-corrected chi connectivity index (χ2v) is 4.95. The topological polar surface area (TPSA) is 95.5 Å². The minimum Gasteiger partial charge on any atom is -0.481 e. The molecule has 2 atom stereocenters. The Morgan fingerprint density at radius 1 is 1.47 bits per heavy atom. The summed E-state index contributed by atoms with van der Waals surface area (Å²) in [5.41, 5.74) is 0. The van der Waals surface area contributed by atoms with Gasteiger partial charge in [-0.15, -0.1) is 0 Å². The molecule has 0 spiro atoms. The van der Waals surface area contributed by atoms with Crippen LogP contribution >= 0.6 is 0 Å². The molecule has 2 amide bonds. The van der Waals surface area contributed by atoms with Crippen molar-refractivity contribution in [2.24, 2.45) is 5.92 Å². The summed E-state index contributed by atoms with van der Waals surface area (Å²) >= 11 is 0. The van der Waals surface area contributed by atoms with E-state index in [2.05, 4.69) is 10.6 Å². The summed E-state index contributed by atoms with van der Waals surface area (Å²) in [6, 6.07) is -0.397. The predicted molar refractivity (Wildman–Crippen MR) is 69.4 cm³/mol. The minimum absolute atomic E-state index is 0.0759. The van der Waals surface area contributed by atoms with Crippen molar-refractivity contribution in [3.8, 4) is 0 Å². The van der Waals surface area contributed by atoms with Crippen molar-refractivity contribution in [2.45, 2.75) is 51.5 Å². The van der Waals surface area contributed by atoms with Crippen LogP contribution in [0, 0.1) is 5.92 Å². The fourth-order valence-electron chi connectivity index (χ4n) is 2.21. The highest BCUT2D eigenvalue weighted by Gasteiger charge is 2.26. The number of nitrogens with one attached hydrogen (secondary N) is 2. The lowest BCUT2D eigenvalue weighted by Crippen LogP contribution is -2.42. The number of aliphatic carboxylic acids is 1. The number of carboxylic acids is 1. The Morgan fingerprint density at radius 2 is 2.21 bits per heavy atom. The van der Waals surface area contributed by atoms with Gasteiger partial charge in [-0.05, 0) is 25.2 Å². The first-order valence-corrected chi connectivity index (χ1v) is 6.81. The first-order chi connectivity index (χ1) is 9.02. The molecular weight excluding hydrogens is 248 g/mol. The van der Waals surface area contributed by atoms with Gasteiger partial charge in [0.25, 0.3) is 0 Å². The third-order valence-corrected chi connectivity index (χ3v) is 3.51. The molecule has 1 fully saturated rings. The monoisotopic (exact) mass is 270 g/mol. The molecule has 1 rings (SSSR count). The zero-order valence-electron chi connectivity index (χ0n) is 11.3. The van der Waals surface area contributed by atoms with E-state index in [0.717, 1.165) is 12.8 Å². The van der Waals surface area contributed by atoms with Crippen LogP contribution < -0.4 is 10.6 Å². The van der Waals surface area contributed by atoms with Crippen LogP contribution in [0.4, 0.5) is 0 Å². The Balaban J connectivity index is 2.18. The van der Waals surface area contributed by atoms with Crippen molar-refractivity contribution in [3.63, 3.8) is 0 Å². The highest BCUT2D eigenvalue weighted by molar-refractivity contribution is 5.90. The fraction of sp³-hybridized carbons (Fsp3) is 0.769. The van der Waals surface area contributed by atoms with Gasteiger partial charge in [0.05, 0.1) is 0 Å². The maximum Gasteiger partial charge on any atom is 0.303 e. The fourth-order valence-corrected chi connectivity index (χ4v) is 2.21. The average Bonchev–Trinajstić information content (AvgIpc) is 2.79. The van der Waals surface area contributed by atoms with E-state index in [0.29, 0.717) is 31.7 Å². The van der Waals surface area contributed by atoms with Gasteiger partial charge < -0.3 is 15.7 Å². The van der Waals surface area contributed by atoms with Crippen molar-refractivity contribution in [1.29, 1.82) is 0 Å². The molecule has 1 unspecified atom stereocenters. The van der Waals surface area contributed by atoms with Gasteiger partial charge in [0, 0.05) is 19.4 Å². The molecule has 1 aliphatic rings. The van der Waals surface area contributed by atoms with Gasteiger partial charge in [-0.2, -0.15) is 0 Å². The van der Waals surface area contributed by atoms with Gasteiger partial charge >= 0.3 is 5.97 Å². The van der Waals surface area contributed by atoms with E-state index in [9.17, 15) is 14.4 Å². The molecule has 0 radical (unpaired) electrons. The molecule has 0 aromatic rings. The highest BCUT2D eigenvalue weighted by Crippen LogP contribution is 2.14. The van der Waals surface area contributed by atoms with E-state index < -0.39 is 12.0 Å². The number of carbonyl (C=O) groups is 3. The molecule has 1 aliphatic heterocycles. The molecule has 0 aliphatic carbocycles. The zero-order valence-corrected chi connectivity index (χ0v) is 11.3. The van der Waals surface area contributed by atoms with Gasteiger partial charge in [-0.3, -0.25) is 14.4 Å². The van der Waals surface area contributed by atoms with Crippen molar-refractivity contribution in [2.75, 3.05) is 6.54 Å². The number of carboxylic acid groups (broad SMARTS) is 1. The van der Waals surface area contributed by atoms with Crippen LogP contribution in [0.1, 0.15) is 45.4 Å². The van der Waals surface area contributed by atoms with Gasteiger partial charge in [-0.25, -0.2) is 0 Å². The van der Waals surface area contributed by atoms with Gasteiger partial charge in [0.1, 0.15) is 6.04 Å². The summed E-state index contributed by atoms with van der Waals surface area (Å²) < 4.78 is 0. The van der Waals surface area contributed by atoms with Crippen molar-refractivity contribution in [3.05, 3.63) is 0 Å². The Labute approximate surface area is 112 Å². The van der Waals surface area contributed by atoms with E-state index in [1.165, 1.54) is 0 Å². The summed E-state index contributed by atoms with van der Waals surface area (Å²) in [6.45, 7) is 2.55. The third-order valence-electron chi connectivity index (χ3n) is 3.51. The molecule has 0 aromatic heterocycles. The second kappa shape index (κ2) is 7.76. The van der Waals surface area contributed by atoms with E-state index >= 15 is 0 Å².